The van der Waals surface area contributed by atoms with Crippen LogP contribution in [0.3, 0.4) is 0 Å². The molecular formula is C14H21F2NOS. The molecule has 0 spiro atoms. The van der Waals surface area contributed by atoms with Crippen LogP contribution < -0.4 is 10.1 Å². The normalized spacial score (nSPS) is 14.4. The molecule has 1 rings (SSSR count). The van der Waals surface area contributed by atoms with Crippen molar-refractivity contribution in [2.75, 3.05) is 12.0 Å². The molecule has 108 valence electrons. The first-order chi connectivity index (χ1) is 9.02. The fourth-order valence-electron chi connectivity index (χ4n) is 1.84. The van der Waals surface area contributed by atoms with Crippen molar-refractivity contribution in [1.82, 2.24) is 5.32 Å². The molecular weight excluding hydrogens is 268 g/mol. The molecule has 0 fully saturated rings. The molecule has 0 aliphatic carbocycles. The third kappa shape index (κ3) is 6.25. The molecule has 0 aliphatic rings. The highest BCUT2D eigenvalue weighted by Gasteiger charge is 2.10. The quantitative estimate of drug-likeness (QED) is 0.779. The van der Waals surface area contributed by atoms with E-state index >= 15 is 0 Å². The van der Waals surface area contributed by atoms with Gasteiger partial charge in [-0.1, -0.05) is 12.1 Å². The standard InChI is InChI=1S/C14H21F2NOS/c1-10(8-9-19-3)17-11(2)12-4-6-13(7-5-12)18-14(15)16/h4-7,10-11,14,17H,8-9H2,1-3H3. The molecule has 0 heterocycles. The molecule has 0 bridgehead atoms. The average Bonchev–Trinajstić information content (AvgIpc) is 2.36. The van der Waals surface area contributed by atoms with Crippen LogP contribution in [0.4, 0.5) is 8.78 Å². The minimum absolute atomic E-state index is 0.192. The Morgan fingerprint density at radius 1 is 1.21 bits per heavy atom. The van der Waals surface area contributed by atoms with Gasteiger partial charge in [0.1, 0.15) is 5.75 Å². The Labute approximate surface area is 117 Å². The monoisotopic (exact) mass is 289 g/mol. The highest BCUT2D eigenvalue weighted by Crippen LogP contribution is 2.19. The lowest BCUT2D eigenvalue weighted by Gasteiger charge is -2.20. The Balaban J connectivity index is 2.50. The molecule has 2 nitrogen and oxygen atoms in total. The molecule has 0 radical (unpaired) electrons. The Morgan fingerprint density at radius 3 is 2.37 bits per heavy atom. The molecule has 1 aromatic carbocycles. The fraction of sp³-hybridized carbons (Fsp3) is 0.571. The molecule has 19 heavy (non-hydrogen) atoms. The summed E-state index contributed by atoms with van der Waals surface area (Å²) in [6.45, 7) is 1.45. The van der Waals surface area contributed by atoms with Crippen LogP contribution in [0.2, 0.25) is 0 Å². The minimum Gasteiger partial charge on any atom is -0.435 e. The molecule has 2 atom stereocenters. The van der Waals surface area contributed by atoms with Crippen molar-refractivity contribution in [3.63, 3.8) is 0 Å². The second-order valence-corrected chi connectivity index (χ2v) is 5.50. The lowest BCUT2D eigenvalue weighted by atomic mass is 10.1. The van der Waals surface area contributed by atoms with E-state index in [2.05, 4.69) is 30.2 Å². The molecule has 0 aliphatic heterocycles. The van der Waals surface area contributed by atoms with Crippen molar-refractivity contribution in [1.29, 1.82) is 0 Å². The average molecular weight is 289 g/mol. The van der Waals surface area contributed by atoms with Gasteiger partial charge in [-0.2, -0.15) is 20.5 Å². The summed E-state index contributed by atoms with van der Waals surface area (Å²) in [6, 6.07) is 7.41. The predicted octanol–water partition coefficient (Wildman–Crippen LogP) is 4.08. The van der Waals surface area contributed by atoms with Gasteiger partial charge in [0.25, 0.3) is 0 Å². The van der Waals surface area contributed by atoms with Crippen LogP contribution in [0.25, 0.3) is 0 Å². The van der Waals surface area contributed by atoms with Gasteiger partial charge in [-0.05, 0) is 50.0 Å². The molecule has 5 heteroatoms. The molecule has 0 aromatic heterocycles. The van der Waals surface area contributed by atoms with E-state index in [-0.39, 0.29) is 11.8 Å². The fourth-order valence-corrected chi connectivity index (χ4v) is 2.43. The second kappa shape index (κ2) is 8.38. The Kier molecular flexibility index (Phi) is 7.16. The second-order valence-electron chi connectivity index (χ2n) is 4.52. The minimum atomic E-state index is -2.77. The van der Waals surface area contributed by atoms with Crippen molar-refractivity contribution in [2.24, 2.45) is 0 Å². The number of hydrogen-bond acceptors (Lipinski definition) is 3. The van der Waals surface area contributed by atoms with Crippen molar-refractivity contribution in [3.8, 4) is 5.75 Å². The maximum Gasteiger partial charge on any atom is 0.387 e. The number of nitrogens with one attached hydrogen (secondary N) is 1. The number of hydrogen-bond donors (Lipinski definition) is 1. The number of rotatable bonds is 8. The number of benzene rings is 1. The first-order valence-electron chi connectivity index (χ1n) is 6.32. The van der Waals surface area contributed by atoms with Gasteiger partial charge >= 0.3 is 6.61 Å². The van der Waals surface area contributed by atoms with Crippen LogP contribution in [0.15, 0.2) is 24.3 Å². The number of thioether (sulfide) groups is 1. The highest BCUT2D eigenvalue weighted by molar-refractivity contribution is 7.98. The van der Waals surface area contributed by atoms with E-state index in [0.29, 0.717) is 6.04 Å². The van der Waals surface area contributed by atoms with E-state index in [9.17, 15) is 8.78 Å². The van der Waals surface area contributed by atoms with E-state index < -0.39 is 6.61 Å². The van der Waals surface area contributed by atoms with Crippen molar-refractivity contribution < 1.29 is 13.5 Å². The maximum absolute atomic E-state index is 12.0. The summed E-state index contributed by atoms with van der Waals surface area (Å²) in [6.07, 6.45) is 3.20. The van der Waals surface area contributed by atoms with Gasteiger partial charge < -0.3 is 10.1 Å². The van der Waals surface area contributed by atoms with Crippen LogP contribution in [0.1, 0.15) is 31.9 Å². The lowest BCUT2D eigenvalue weighted by Crippen LogP contribution is -2.29. The molecule has 2 unspecified atom stereocenters. The Hall–Kier alpha value is -0.810. The lowest BCUT2D eigenvalue weighted by molar-refractivity contribution is -0.0498. The van der Waals surface area contributed by atoms with Gasteiger partial charge in [-0.3, -0.25) is 0 Å². The van der Waals surface area contributed by atoms with Crippen LogP contribution in [-0.4, -0.2) is 24.7 Å². The van der Waals surface area contributed by atoms with Crippen LogP contribution in [-0.2, 0) is 0 Å². The van der Waals surface area contributed by atoms with E-state index in [4.69, 9.17) is 0 Å². The van der Waals surface area contributed by atoms with Crippen LogP contribution >= 0.6 is 11.8 Å². The summed E-state index contributed by atoms with van der Waals surface area (Å²) in [4.78, 5) is 0. The van der Waals surface area contributed by atoms with Gasteiger partial charge in [-0.25, -0.2) is 0 Å². The van der Waals surface area contributed by atoms with Gasteiger partial charge in [0.15, 0.2) is 0 Å². The third-order valence-corrected chi connectivity index (χ3v) is 3.54. The maximum atomic E-state index is 12.0. The summed E-state index contributed by atoms with van der Waals surface area (Å²) >= 11 is 1.83. The van der Waals surface area contributed by atoms with E-state index in [1.807, 2.05) is 23.9 Å². The first-order valence-corrected chi connectivity index (χ1v) is 7.72. The van der Waals surface area contributed by atoms with Crippen molar-refractivity contribution in [2.45, 2.75) is 39.0 Å². The largest absolute Gasteiger partial charge is 0.435 e. The van der Waals surface area contributed by atoms with E-state index in [1.54, 1.807) is 12.1 Å². The van der Waals surface area contributed by atoms with Crippen molar-refractivity contribution in [3.05, 3.63) is 29.8 Å². The number of halogens is 2. The predicted molar refractivity (Wildman–Crippen MR) is 77.1 cm³/mol. The summed E-state index contributed by atoms with van der Waals surface area (Å²) in [5.74, 6) is 1.32. The smallest absolute Gasteiger partial charge is 0.387 e. The summed E-state index contributed by atoms with van der Waals surface area (Å²) in [7, 11) is 0. The third-order valence-electron chi connectivity index (χ3n) is 2.89. The molecule has 0 saturated carbocycles. The summed E-state index contributed by atoms with van der Waals surface area (Å²) in [5.41, 5.74) is 1.07. The van der Waals surface area contributed by atoms with Crippen molar-refractivity contribution >= 4 is 11.8 Å². The van der Waals surface area contributed by atoms with Crippen LogP contribution in [0.5, 0.6) is 5.75 Å². The Morgan fingerprint density at radius 2 is 1.84 bits per heavy atom. The Bertz CT molecular complexity index is 359. The zero-order valence-electron chi connectivity index (χ0n) is 11.5. The van der Waals surface area contributed by atoms with E-state index in [0.717, 1.165) is 17.7 Å². The number of alkyl halides is 2. The SMILES string of the molecule is CSCCC(C)NC(C)c1ccc(OC(F)F)cc1. The van der Waals surface area contributed by atoms with Gasteiger partial charge in [0.2, 0.25) is 0 Å². The molecule has 1 N–H and O–H groups in total. The topological polar surface area (TPSA) is 21.3 Å². The highest BCUT2D eigenvalue weighted by atomic mass is 32.2. The molecule has 1 aromatic rings. The number of ether oxygens (including phenoxy) is 1. The summed E-state index contributed by atoms with van der Waals surface area (Å²) in [5, 5.41) is 3.49. The zero-order chi connectivity index (χ0) is 14.3. The van der Waals surface area contributed by atoms with Gasteiger partial charge in [0.05, 0.1) is 0 Å². The van der Waals surface area contributed by atoms with Gasteiger partial charge in [-0.15, -0.1) is 0 Å². The van der Waals surface area contributed by atoms with E-state index in [1.165, 1.54) is 0 Å². The molecule has 0 saturated heterocycles. The molecule has 0 amide bonds. The summed E-state index contributed by atoms with van der Waals surface area (Å²) < 4.78 is 28.4. The zero-order valence-corrected chi connectivity index (χ0v) is 12.3. The van der Waals surface area contributed by atoms with Gasteiger partial charge in [0, 0.05) is 12.1 Å². The first kappa shape index (κ1) is 16.2. The van der Waals surface area contributed by atoms with Crippen LogP contribution in [0, 0.1) is 0 Å².